The Labute approximate surface area is 127 Å². The zero-order chi connectivity index (χ0) is 15.4. The number of nitrogens with one attached hydrogen (secondary N) is 1. The molecule has 2 fully saturated rings. The predicted octanol–water partition coefficient (Wildman–Crippen LogP) is 2.85. The van der Waals surface area contributed by atoms with E-state index < -0.39 is 5.97 Å². The summed E-state index contributed by atoms with van der Waals surface area (Å²) < 4.78 is 0. The number of amides is 2. The lowest BCUT2D eigenvalue weighted by Crippen LogP contribution is -2.52. The first-order valence-electron chi connectivity index (χ1n) is 8.31. The second-order valence-corrected chi connectivity index (χ2v) is 6.69. The van der Waals surface area contributed by atoms with E-state index in [4.69, 9.17) is 5.11 Å². The first kappa shape index (κ1) is 16.1. The summed E-state index contributed by atoms with van der Waals surface area (Å²) in [5.41, 5.74) is 0. The number of rotatable bonds is 3. The van der Waals surface area contributed by atoms with Crippen LogP contribution in [0.15, 0.2) is 0 Å². The number of aliphatic carboxylic acids is 1. The average Bonchev–Trinajstić information content (AvgIpc) is 2.47. The molecule has 1 saturated heterocycles. The maximum Gasteiger partial charge on any atom is 0.317 e. The maximum absolute atomic E-state index is 12.4. The number of nitrogens with zero attached hydrogens (tertiary/aromatic N) is 1. The SMILES string of the molecule is CCC1CCCC(NC(=O)N2CCC(C(=O)O)CC2C)C1. The zero-order valence-corrected chi connectivity index (χ0v) is 13.2. The molecule has 4 unspecified atom stereocenters. The first-order chi connectivity index (χ1) is 10.0. The van der Waals surface area contributed by atoms with E-state index in [0.29, 0.717) is 25.4 Å². The van der Waals surface area contributed by atoms with Crippen molar-refractivity contribution >= 4 is 12.0 Å². The van der Waals surface area contributed by atoms with Crippen molar-refractivity contribution in [1.29, 1.82) is 0 Å². The van der Waals surface area contributed by atoms with Crippen LogP contribution in [0.2, 0.25) is 0 Å². The van der Waals surface area contributed by atoms with Gasteiger partial charge in [-0.15, -0.1) is 0 Å². The van der Waals surface area contributed by atoms with Crippen LogP contribution in [0, 0.1) is 11.8 Å². The molecule has 1 aliphatic heterocycles. The fraction of sp³-hybridized carbons (Fsp3) is 0.875. The third-order valence-corrected chi connectivity index (χ3v) is 5.17. The van der Waals surface area contributed by atoms with E-state index in [2.05, 4.69) is 12.2 Å². The van der Waals surface area contributed by atoms with Crippen LogP contribution in [-0.2, 0) is 4.79 Å². The molecule has 21 heavy (non-hydrogen) atoms. The van der Waals surface area contributed by atoms with Gasteiger partial charge in [0, 0.05) is 18.6 Å². The third-order valence-electron chi connectivity index (χ3n) is 5.17. The monoisotopic (exact) mass is 296 g/mol. The van der Waals surface area contributed by atoms with Crippen molar-refractivity contribution in [3.05, 3.63) is 0 Å². The van der Waals surface area contributed by atoms with Gasteiger partial charge in [0.25, 0.3) is 0 Å². The summed E-state index contributed by atoms with van der Waals surface area (Å²) in [6.07, 6.45) is 6.95. The van der Waals surface area contributed by atoms with Crippen molar-refractivity contribution in [3.8, 4) is 0 Å². The molecule has 0 spiro atoms. The van der Waals surface area contributed by atoms with E-state index in [1.807, 2.05) is 11.8 Å². The molecule has 0 aromatic rings. The lowest BCUT2D eigenvalue weighted by Gasteiger charge is -2.38. The highest BCUT2D eigenvalue weighted by Crippen LogP contribution is 2.27. The minimum absolute atomic E-state index is 0.00501. The molecule has 0 aromatic heterocycles. The Morgan fingerprint density at radius 2 is 2.00 bits per heavy atom. The minimum Gasteiger partial charge on any atom is -0.481 e. The smallest absolute Gasteiger partial charge is 0.317 e. The van der Waals surface area contributed by atoms with Crippen LogP contribution >= 0.6 is 0 Å². The molecule has 2 rings (SSSR count). The van der Waals surface area contributed by atoms with E-state index in [1.165, 1.54) is 19.3 Å². The van der Waals surface area contributed by atoms with E-state index in [9.17, 15) is 9.59 Å². The van der Waals surface area contributed by atoms with Gasteiger partial charge in [0.05, 0.1) is 5.92 Å². The van der Waals surface area contributed by atoms with Gasteiger partial charge < -0.3 is 15.3 Å². The molecule has 2 N–H and O–H groups in total. The van der Waals surface area contributed by atoms with Crippen LogP contribution in [0.3, 0.4) is 0 Å². The average molecular weight is 296 g/mol. The van der Waals surface area contributed by atoms with Crippen molar-refractivity contribution < 1.29 is 14.7 Å². The summed E-state index contributed by atoms with van der Waals surface area (Å²) in [4.78, 5) is 25.3. The largest absolute Gasteiger partial charge is 0.481 e. The van der Waals surface area contributed by atoms with Crippen LogP contribution in [0.1, 0.15) is 58.8 Å². The van der Waals surface area contributed by atoms with Crippen molar-refractivity contribution in [2.75, 3.05) is 6.54 Å². The Hall–Kier alpha value is -1.26. The lowest BCUT2D eigenvalue weighted by molar-refractivity contribution is -0.143. The molecular formula is C16H28N2O3. The van der Waals surface area contributed by atoms with Crippen LogP contribution in [0.5, 0.6) is 0 Å². The predicted molar refractivity (Wildman–Crippen MR) is 81.1 cm³/mol. The number of hydrogen-bond acceptors (Lipinski definition) is 2. The Balaban J connectivity index is 1.84. The standard InChI is InChI=1S/C16H28N2O3/c1-3-12-5-4-6-14(10-12)17-16(21)18-8-7-13(15(19)20)9-11(18)2/h11-14H,3-10H2,1-2H3,(H,17,21)(H,19,20). The maximum atomic E-state index is 12.4. The summed E-state index contributed by atoms with van der Waals surface area (Å²) in [7, 11) is 0. The summed E-state index contributed by atoms with van der Waals surface area (Å²) in [5, 5.41) is 12.2. The number of carboxylic acid groups (broad SMARTS) is 1. The van der Waals surface area contributed by atoms with Gasteiger partial charge in [0.2, 0.25) is 0 Å². The Bertz CT molecular complexity index is 386. The second kappa shape index (κ2) is 7.14. The number of urea groups is 1. The summed E-state index contributed by atoms with van der Waals surface area (Å²) in [5.74, 6) is -0.303. The lowest BCUT2D eigenvalue weighted by atomic mass is 9.84. The molecular weight excluding hydrogens is 268 g/mol. The molecule has 1 aliphatic carbocycles. The van der Waals surface area contributed by atoms with Gasteiger partial charge in [-0.3, -0.25) is 4.79 Å². The van der Waals surface area contributed by atoms with Crippen molar-refractivity contribution in [3.63, 3.8) is 0 Å². The van der Waals surface area contributed by atoms with Gasteiger partial charge >= 0.3 is 12.0 Å². The second-order valence-electron chi connectivity index (χ2n) is 6.69. The van der Waals surface area contributed by atoms with Crippen LogP contribution in [0.25, 0.3) is 0 Å². The number of hydrogen-bond donors (Lipinski definition) is 2. The van der Waals surface area contributed by atoms with E-state index in [-0.39, 0.29) is 18.0 Å². The quantitative estimate of drug-likeness (QED) is 0.841. The van der Waals surface area contributed by atoms with Crippen molar-refractivity contribution in [2.45, 2.75) is 70.9 Å². The van der Waals surface area contributed by atoms with Gasteiger partial charge in [-0.05, 0) is 38.5 Å². The molecule has 2 amide bonds. The topological polar surface area (TPSA) is 69.6 Å². The van der Waals surface area contributed by atoms with Crippen LogP contribution in [-0.4, -0.2) is 40.6 Å². The minimum atomic E-state index is -0.736. The van der Waals surface area contributed by atoms with Crippen molar-refractivity contribution in [1.82, 2.24) is 10.2 Å². The molecule has 120 valence electrons. The molecule has 1 saturated carbocycles. The summed E-state index contributed by atoms with van der Waals surface area (Å²) in [6.45, 7) is 4.71. The number of carbonyl (C=O) groups is 2. The highest BCUT2D eigenvalue weighted by atomic mass is 16.4. The van der Waals surface area contributed by atoms with E-state index >= 15 is 0 Å². The Morgan fingerprint density at radius 1 is 1.24 bits per heavy atom. The molecule has 5 heteroatoms. The highest BCUT2D eigenvalue weighted by Gasteiger charge is 2.33. The molecule has 1 heterocycles. The summed E-state index contributed by atoms with van der Waals surface area (Å²) >= 11 is 0. The summed E-state index contributed by atoms with van der Waals surface area (Å²) in [6, 6.07) is 0.291. The van der Waals surface area contributed by atoms with Gasteiger partial charge in [-0.2, -0.15) is 0 Å². The van der Waals surface area contributed by atoms with Crippen molar-refractivity contribution in [2.24, 2.45) is 11.8 Å². The van der Waals surface area contributed by atoms with Gasteiger partial charge in [-0.25, -0.2) is 4.79 Å². The fourth-order valence-electron chi connectivity index (χ4n) is 3.75. The fourth-order valence-corrected chi connectivity index (χ4v) is 3.75. The normalized spacial score (nSPS) is 33.5. The Kier molecular flexibility index (Phi) is 5.48. The first-order valence-corrected chi connectivity index (χ1v) is 8.31. The number of likely N-dealkylation sites (tertiary alicyclic amines) is 1. The number of piperidine rings is 1. The molecule has 0 aromatic carbocycles. The van der Waals surface area contributed by atoms with Gasteiger partial charge in [0.15, 0.2) is 0 Å². The van der Waals surface area contributed by atoms with Gasteiger partial charge in [-0.1, -0.05) is 26.2 Å². The molecule has 0 radical (unpaired) electrons. The van der Waals surface area contributed by atoms with E-state index in [0.717, 1.165) is 18.8 Å². The Morgan fingerprint density at radius 3 is 2.62 bits per heavy atom. The van der Waals surface area contributed by atoms with Crippen LogP contribution in [0.4, 0.5) is 4.79 Å². The zero-order valence-electron chi connectivity index (χ0n) is 13.2. The highest BCUT2D eigenvalue weighted by molar-refractivity contribution is 5.76. The van der Waals surface area contributed by atoms with Crippen LogP contribution < -0.4 is 5.32 Å². The van der Waals surface area contributed by atoms with Gasteiger partial charge in [0.1, 0.15) is 0 Å². The molecule has 2 aliphatic rings. The number of carboxylic acids is 1. The molecule has 4 atom stereocenters. The van der Waals surface area contributed by atoms with E-state index in [1.54, 1.807) is 0 Å². The third kappa shape index (κ3) is 4.11. The number of carbonyl (C=O) groups excluding carboxylic acids is 1. The molecule has 0 bridgehead atoms. The molecule has 5 nitrogen and oxygen atoms in total.